The van der Waals surface area contributed by atoms with Gasteiger partial charge in [0, 0.05) is 51.5 Å². The molecule has 31 heavy (non-hydrogen) atoms. The van der Waals surface area contributed by atoms with Gasteiger partial charge in [-0.2, -0.15) is 4.31 Å². The zero-order valence-corrected chi connectivity index (χ0v) is 19.2. The summed E-state index contributed by atoms with van der Waals surface area (Å²) in [7, 11) is -3.53. The molecule has 9 heteroatoms. The first kappa shape index (κ1) is 23.7. The largest absolute Gasteiger partial charge is 0.382 e. The van der Waals surface area contributed by atoms with Crippen molar-refractivity contribution in [1.29, 1.82) is 0 Å². The van der Waals surface area contributed by atoms with Gasteiger partial charge < -0.3 is 15.0 Å². The number of hydrogen-bond donors (Lipinski definition) is 1. The summed E-state index contributed by atoms with van der Waals surface area (Å²) in [4.78, 5) is 26.6. The average Bonchev–Trinajstić information content (AvgIpc) is 3.15. The van der Waals surface area contributed by atoms with Crippen molar-refractivity contribution in [2.75, 3.05) is 44.3 Å². The molecule has 2 saturated heterocycles. The predicted molar refractivity (Wildman–Crippen MR) is 118 cm³/mol. The van der Waals surface area contributed by atoms with Crippen LogP contribution in [0.15, 0.2) is 29.2 Å². The van der Waals surface area contributed by atoms with E-state index in [4.69, 9.17) is 4.74 Å². The fraction of sp³-hybridized carbons (Fsp3) is 0.636. The molecule has 1 atom stereocenters. The molecule has 3 rings (SSSR count). The Morgan fingerprint density at radius 1 is 1.19 bits per heavy atom. The molecule has 2 heterocycles. The third kappa shape index (κ3) is 5.84. The first-order valence-corrected chi connectivity index (χ1v) is 12.5. The van der Waals surface area contributed by atoms with Crippen LogP contribution in [0.3, 0.4) is 0 Å². The third-order valence-corrected chi connectivity index (χ3v) is 7.91. The molecule has 8 nitrogen and oxygen atoms in total. The molecule has 1 aromatic carbocycles. The van der Waals surface area contributed by atoms with Gasteiger partial charge in [0.15, 0.2) is 0 Å². The number of amides is 2. The normalized spacial score (nSPS) is 20.9. The first-order chi connectivity index (χ1) is 14.8. The monoisotopic (exact) mass is 451 g/mol. The Balaban J connectivity index is 1.58. The van der Waals surface area contributed by atoms with E-state index in [0.717, 1.165) is 19.3 Å². The van der Waals surface area contributed by atoms with Crippen LogP contribution in [-0.4, -0.2) is 63.9 Å². The number of nitrogens with one attached hydrogen (secondary N) is 1. The molecule has 2 fully saturated rings. The van der Waals surface area contributed by atoms with E-state index < -0.39 is 15.9 Å². The van der Waals surface area contributed by atoms with Crippen molar-refractivity contribution in [1.82, 2.24) is 9.62 Å². The molecule has 2 amide bonds. The molecule has 0 spiro atoms. The summed E-state index contributed by atoms with van der Waals surface area (Å²) in [6.45, 7) is 7.20. The Hall–Kier alpha value is -1.97. The van der Waals surface area contributed by atoms with Crippen molar-refractivity contribution in [3.8, 4) is 0 Å². The highest BCUT2D eigenvalue weighted by Gasteiger charge is 2.35. The van der Waals surface area contributed by atoms with Crippen LogP contribution in [0.4, 0.5) is 5.69 Å². The quantitative estimate of drug-likeness (QED) is 0.580. The van der Waals surface area contributed by atoms with Gasteiger partial charge in [0.05, 0.1) is 10.8 Å². The van der Waals surface area contributed by atoms with Crippen LogP contribution in [0, 0.1) is 11.8 Å². The predicted octanol–water partition coefficient (Wildman–Crippen LogP) is 2.00. The van der Waals surface area contributed by atoms with E-state index >= 15 is 0 Å². The molecule has 2 aliphatic heterocycles. The Morgan fingerprint density at radius 3 is 2.52 bits per heavy atom. The molecule has 0 radical (unpaired) electrons. The summed E-state index contributed by atoms with van der Waals surface area (Å²) in [6, 6.07) is 6.41. The molecule has 0 saturated carbocycles. The number of anilines is 1. The van der Waals surface area contributed by atoms with Crippen LogP contribution in [0.1, 0.15) is 39.5 Å². The smallest absolute Gasteiger partial charge is 0.243 e. The van der Waals surface area contributed by atoms with Crippen LogP contribution < -0.4 is 10.2 Å². The molecule has 1 aromatic rings. The fourth-order valence-corrected chi connectivity index (χ4v) is 5.45. The van der Waals surface area contributed by atoms with Gasteiger partial charge in [-0.15, -0.1) is 0 Å². The molecule has 2 aliphatic rings. The summed E-state index contributed by atoms with van der Waals surface area (Å²) >= 11 is 0. The van der Waals surface area contributed by atoms with E-state index in [2.05, 4.69) is 12.2 Å². The Bertz CT molecular complexity index is 864. The van der Waals surface area contributed by atoms with Gasteiger partial charge in [-0.05, 0) is 56.4 Å². The highest BCUT2D eigenvalue weighted by Crippen LogP contribution is 2.28. The second-order valence-electron chi connectivity index (χ2n) is 8.33. The highest BCUT2D eigenvalue weighted by atomic mass is 32.2. The SMILES string of the molecule is CCOCCCNC(=O)[C@@H]1CC(=O)N(c2ccc(S(=O)(=O)N3CCC(C)CC3)cc2)C1. The van der Waals surface area contributed by atoms with Crippen LogP contribution in [0.25, 0.3) is 0 Å². The molecule has 1 N–H and O–H groups in total. The number of rotatable bonds is 9. The number of nitrogens with zero attached hydrogens (tertiary/aromatic N) is 2. The molecule has 0 unspecified atom stereocenters. The number of hydrogen-bond acceptors (Lipinski definition) is 5. The minimum atomic E-state index is -3.53. The summed E-state index contributed by atoms with van der Waals surface area (Å²) in [6.07, 6.45) is 2.63. The van der Waals surface area contributed by atoms with Crippen molar-refractivity contribution < 1.29 is 22.7 Å². The summed E-state index contributed by atoms with van der Waals surface area (Å²) in [5, 5.41) is 2.86. The maximum atomic E-state index is 12.9. The van der Waals surface area contributed by atoms with Gasteiger partial charge in [-0.3, -0.25) is 9.59 Å². The molecular formula is C22H33N3O5S. The van der Waals surface area contributed by atoms with Gasteiger partial charge in [-0.25, -0.2) is 8.42 Å². The second kappa shape index (κ2) is 10.6. The minimum Gasteiger partial charge on any atom is -0.382 e. The van der Waals surface area contributed by atoms with Crippen LogP contribution in [0.5, 0.6) is 0 Å². The molecular weight excluding hydrogens is 418 g/mol. The first-order valence-electron chi connectivity index (χ1n) is 11.1. The summed E-state index contributed by atoms with van der Waals surface area (Å²) < 4.78 is 32.6. The Labute approximate surface area is 185 Å². The number of carbonyl (C=O) groups excluding carboxylic acids is 2. The number of carbonyl (C=O) groups is 2. The molecule has 0 bridgehead atoms. The van der Waals surface area contributed by atoms with E-state index in [-0.39, 0.29) is 23.1 Å². The Kier molecular flexibility index (Phi) is 8.07. The highest BCUT2D eigenvalue weighted by molar-refractivity contribution is 7.89. The molecule has 0 aliphatic carbocycles. The lowest BCUT2D eigenvalue weighted by Crippen LogP contribution is -2.37. The van der Waals surface area contributed by atoms with E-state index in [0.29, 0.717) is 51.0 Å². The zero-order valence-electron chi connectivity index (χ0n) is 18.4. The molecule has 0 aromatic heterocycles. The van der Waals surface area contributed by atoms with Gasteiger partial charge >= 0.3 is 0 Å². The van der Waals surface area contributed by atoms with Crippen molar-refractivity contribution >= 4 is 27.5 Å². The average molecular weight is 452 g/mol. The lowest BCUT2D eigenvalue weighted by atomic mass is 10.0. The van der Waals surface area contributed by atoms with E-state index in [1.54, 1.807) is 29.2 Å². The summed E-state index contributed by atoms with van der Waals surface area (Å²) in [5.74, 6) is -0.121. The number of piperidine rings is 1. The lowest BCUT2D eigenvalue weighted by Gasteiger charge is -2.29. The number of benzene rings is 1. The van der Waals surface area contributed by atoms with Crippen LogP contribution in [0.2, 0.25) is 0 Å². The van der Waals surface area contributed by atoms with Crippen molar-refractivity contribution in [3.63, 3.8) is 0 Å². The molecule has 172 valence electrons. The lowest BCUT2D eigenvalue weighted by molar-refractivity contribution is -0.126. The Morgan fingerprint density at radius 2 is 1.87 bits per heavy atom. The second-order valence-corrected chi connectivity index (χ2v) is 10.3. The van der Waals surface area contributed by atoms with Gasteiger partial charge in [0.2, 0.25) is 21.8 Å². The van der Waals surface area contributed by atoms with Gasteiger partial charge in [0.25, 0.3) is 0 Å². The van der Waals surface area contributed by atoms with Gasteiger partial charge in [-0.1, -0.05) is 6.92 Å². The van der Waals surface area contributed by atoms with Crippen LogP contribution >= 0.6 is 0 Å². The van der Waals surface area contributed by atoms with Crippen molar-refractivity contribution in [2.24, 2.45) is 11.8 Å². The standard InChI is InChI=1S/C22H33N3O5S/c1-3-30-14-4-11-23-22(27)18-15-21(26)25(16-18)19-5-7-20(8-6-19)31(28,29)24-12-9-17(2)10-13-24/h5-8,17-18H,3-4,9-16H2,1-2H3,(H,23,27)/t18-/m1/s1. The number of sulfonamides is 1. The van der Waals surface area contributed by atoms with E-state index in [9.17, 15) is 18.0 Å². The topological polar surface area (TPSA) is 96.0 Å². The van der Waals surface area contributed by atoms with Crippen LogP contribution in [-0.2, 0) is 24.3 Å². The maximum Gasteiger partial charge on any atom is 0.243 e. The van der Waals surface area contributed by atoms with Gasteiger partial charge in [0.1, 0.15) is 0 Å². The summed E-state index contributed by atoms with van der Waals surface area (Å²) in [5.41, 5.74) is 0.614. The van der Waals surface area contributed by atoms with Crippen molar-refractivity contribution in [3.05, 3.63) is 24.3 Å². The zero-order chi connectivity index (χ0) is 22.4. The fourth-order valence-electron chi connectivity index (χ4n) is 3.98. The third-order valence-electron chi connectivity index (χ3n) is 5.99. The van der Waals surface area contributed by atoms with E-state index in [1.807, 2.05) is 6.92 Å². The van der Waals surface area contributed by atoms with E-state index in [1.165, 1.54) is 4.31 Å². The minimum absolute atomic E-state index is 0.130. The number of ether oxygens (including phenoxy) is 1. The van der Waals surface area contributed by atoms with Crippen molar-refractivity contribution in [2.45, 2.75) is 44.4 Å². The maximum absolute atomic E-state index is 12.9.